The van der Waals surface area contributed by atoms with Gasteiger partial charge in [-0.25, -0.2) is 8.78 Å². The van der Waals surface area contributed by atoms with Crippen LogP contribution in [0.4, 0.5) is 8.78 Å². The molecular weight excluding hydrogens is 246 g/mol. The zero-order valence-electron chi connectivity index (χ0n) is 11.0. The van der Waals surface area contributed by atoms with Crippen molar-refractivity contribution in [3.63, 3.8) is 0 Å². The molecule has 0 aliphatic carbocycles. The van der Waals surface area contributed by atoms with E-state index >= 15 is 0 Å². The predicted molar refractivity (Wildman–Crippen MR) is 70.8 cm³/mol. The second kappa shape index (κ2) is 5.89. The van der Waals surface area contributed by atoms with Crippen LogP contribution < -0.4 is 5.32 Å². The van der Waals surface area contributed by atoms with E-state index < -0.39 is 11.6 Å². The third-order valence-corrected chi connectivity index (χ3v) is 3.07. The summed E-state index contributed by atoms with van der Waals surface area (Å²) in [5, 5.41) is 3.17. The van der Waals surface area contributed by atoms with Crippen LogP contribution in [0.1, 0.15) is 22.7 Å². The number of benzene rings is 1. The van der Waals surface area contributed by atoms with Crippen molar-refractivity contribution in [1.29, 1.82) is 0 Å². The first-order chi connectivity index (χ1) is 9.10. The standard InChI is InChI=1S/C15H16F2N2/c1-10-5-12(9-19-8-10)15(18-2)7-11-3-4-13(16)14(17)6-11/h3-6,8-9,15,18H,7H2,1-2H3. The molecule has 0 amide bonds. The summed E-state index contributed by atoms with van der Waals surface area (Å²) >= 11 is 0. The summed E-state index contributed by atoms with van der Waals surface area (Å²) in [4.78, 5) is 4.15. The molecular formula is C15H16F2N2. The summed E-state index contributed by atoms with van der Waals surface area (Å²) in [6, 6.07) is 6.06. The molecule has 0 spiro atoms. The van der Waals surface area contributed by atoms with Gasteiger partial charge in [0.1, 0.15) is 0 Å². The zero-order chi connectivity index (χ0) is 13.8. The van der Waals surface area contributed by atoms with Crippen molar-refractivity contribution in [3.8, 4) is 0 Å². The molecule has 1 aromatic carbocycles. The monoisotopic (exact) mass is 262 g/mol. The van der Waals surface area contributed by atoms with Crippen LogP contribution in [0.5, 0.6) is 0 Å². The molecule has 1 atom stereocenters. The molecule has 0 saturated heterocycles. The van der Waals surface area contributed by atoms with Gasteiger partial charge in [0.2, 0.25) is 0 Å². The number of nitrogens with zero attached hydrogens (tertiary/aromatic N) is 1. The van der Waals surface area contributed by atoms with Gasteiger partial charge in [0.15, 0.2) is 11.6 Å². The Balaban J connectivity index is 2.21. The molecule has 2 rings (SSSR count). The molecule has 1 N–H and O–H groups in total. The summed E-state index contributed by atoms with van der Waals surface area (Å²) in [7, 11) is 1.84. The molecule has 19 heavy (non-hydrogen) atoms. The van der Waals surface area contributed by atoms with Crippen molar-refractivity contribution < 1.29 is 8.78 Å². The van der Waals surface area contributed by atoms with E-state index in [1.165, 1.54) is 6.07 Å². The summed E-state index contributed by atoms with van der Waals surface area (Å²) in [6.07, 6.45) is 4.15. The molecule has 0 aliphatic rings. The van der Waals surface area contributed by atoms with Gasteiger partial charge >= 0.3 is 0 Å². The minimum atomic E-state index is -0.818. The van der Waals surface area contributed by atoms with Gasteiger partial charge in [-0.05, 0) is 49.2 Å². The Morgan fingerprint density at radius 2 is 1.95 bits per heavy atom. The van der Waals surface area contributed by atoms with Crippen molar-refractivity contribution in [2.24, 2.45) is 0 Å². The average molecular weight is 262 g/mol. The maximum atomic E-state index is 13.2. The number of halogens is 2. The number of aromatic nitrogens is 1. The highest BCUT2D eigenvalue weighted by Crippen LogP contribution is 2.19. The fourth-order valence-corrected chi connectivity index (χ4v) is 2.06. The largest absolute Gasteiger partial charge is 0.313 e. The van der Waals surface area contributed by atoms with Crippen LogP contribution in [-0.2, 0) is 6.42 Å². The van der Waals surface area contributed by atoms with E-state index in [0.717, 1.165) is 22.8 Å². The summed E-state index contributed by atoms with van der Waals surface area (Å²) in [5.74, 6) is -1.63. The molecule has 0 saturated carbocycles. The smallest absolute Gasteiger partial charge is 0.159 e. The van der Waals surface area contributed by atoms with Crippen molar-refractivity contribution in [3.05, 3.63) is 65.0 Å². The van der Waals surface area contributed by atoms with Gasteiger partial charge in [-0.15, -0.1) is 0 Å². The van der Waals surface area contributed by atoms with Crippen LogP contribution in [0.2, 0.25) is 0 Å². The van der Waals surface area contributed by atoms with Crippen molar-refractivity contribution in [2.75, 3.05) is 7.05 Å². The molecule has 2 aromatic rings. The molecule has 4 heteroatoms. The van der Waals surface area contributed by atoms with E-state index in [1.807, 2.05) is 20.0 Å². The van der Waals surface area contributed by atoms with E-state index in [-0.39, 0.29) is 6.04 Å². The van der Waals surface area contributed by atoms with Crippen LogP contribution >= 0.6 is 0 Å². The molecule has 1 heterocycles. The number of likely N-dealkylation sites (N-methyl/N-ethyl adjacent to an activating group) is 1. The number of pyridine rings is 1. The minimum Gasteiger partial charge on any atom is -0.313 e. The molecule has 0 radical (unpaired) electrons. The third kappa shape index (κ3) is 3.35. The molecule has 0 fully saturated rings. The number of rotatable bonds is 4. The first-order valence-corrected chi connectivity index (χ1v) is 6.13. The summed E-state index contributed by atoms with van der Waals surface area (Å²) < 4.78 is 26.1. The second-order valence-corrected chi connectivity index (χ2v) is 4.59. The number of nitrogens with one attached hydrogen (secondary N) is 1. The van der Waals surface area contributed by atoms with Crippen molar-refractivity contribution in [1.82, 2.24) is 10.3 Å². The number of aryl methyl sites for hydroxylation is 1. The fourth-order valence-electron chi connectivity index (χ4n) is 2.06. The van der Waals surface area contributed by atoms with E-state index in [9.17, 15) is 8.78 Å². The van der Waals surface area contributed by atoms with Crippen LogP contribution in [0.25, 0.3) is 0 Å². The highest BCUT2D eigenvalue weighted by molar-refractivity contribution is 5.25. The van der Waals surface area contributed by atoms with Crippen molar-refractivity contribution in [2.45, 2.75) is 19.4 Å². The first kappa shape index (κ1) is 13.6. The van der Waals surface area contributed by atoms with E-state index in [4.69, 9.17) is 0 Å². The highest BCUT2D eigenvalue weighted by atomic mass is 19.2. The second-order valence-electron chi connectivity index (χ2n) is 4.59. The Morgan fingerprint density at radius 3 is 2.58 bits per heavy atom. The third-order valence-electron chi connectivity index (χ3n) is 3.07. The van der Waals surface area contributed by atoms with Gasteiger partial charge in [-0.1, -0.05) is 12.1 Å². The SMILES string of the molecule is CNC(Cc1ccc(F)c(F)c1)c1cncc(C)c1. The Bertz CT molecular complexity index is 570. The molecule has 1 aromatic heterocycles. The minimum absolute atomic E-state index is 0.0252. The quantitative estimate of drug-likeness (QED) is 0.915. The Labute approximate surface area is 111 Å². The first-order valence-electron chi connectivity index (χ1n) is 6.13. The maximum Gasteiger partial charge on any atom is 0.159 e. The Hall–Kier alpha value is -1.81. The lowest BCUT2D eigenvalue weighted by Gasteiger charge is -2.17. The van der Waals surface area contributed by atoms with Gasteiger partial charge in [-0.3, -0.25) is 4.98 Å². The topological polar surface area (TPSA) is 24.9 Å². The molecule has 0 bridgehead atoms. The lowest BCUT2D eigenvalue weighted by molar-refractivity contribution is 0.504. The van der Waals surface area contributed by atoms with Crippen LogP contribution in [0.3, 0.4) is 0 Å². The van der Waals surface area contributed by atoms with Gasteiger partial charge < -0.3 is 5.32 Å². The predicted octanol–water partition coefficient (Wildman–Crippen LogP) is 3.17. The number of hydrogen-bond donors (Lipinski definition) is 1. The van der Waals surface area contributed by atoms with E-state index in [2.05, 4.69) is 10.3 Å². The van der Waals surface area contributed by atoms with E-state index in [1.54, 1.807) is 18.5 Å². The number of hydrogen-bond acceptors (Lipinski definition) is 2. The van der Waals surface area contributed by atoms with Gasteiger partial charge in [0.05, 0.1) is 0 Å². The van der Waals surface area contributed by atoms with Gasteiger partial charge in [-0.2, -0.15) is 0 Å². The maximum absolute atomic E-state index is 13.2. The van der Waals surface area contributed by atoms with Crippen LogP contribution in [0.15, 0.2) is 36.7 Å². The Morgan fingerprint density at radius 1 is 1.16 bits per heavy atom. The molecule has 1 unspecified atom stereocenters. The van der Waals surface area contributed by atoms with Crippen LogP contribution in [0, 0.1) is 18.6 Å². The summed E-state index contributed by atoms with van der Waals surface area (Å²) in [6.45, 7) is 1.97. The highest BCUT2D eigenvalue weighted by Gasteiger charge is 2.12. The molecule has 2 nitrogen and oxygen atoms in total. The van der Waals surface area contributed by atoms with E-state index in [0.29, 0.717) is 6.42 Å². The lowest BCUT2D eigenvalue weighted by Crippen LogP contribution is -2.19. The van der Waals surface area contributed by atoms with Gasteiger partial charge in [0, 0.05) is 18.4 Å². The molecule has 100 valence electrons. The van der Waals surface area contributed by atoms with Gasteiger partial charge in [0.25, 0.3) is 0 Å². The van der Waals surface area contributed by atoms with Crippen LogP contribution in [-0.4, -0.2) is 12.0 Å². The van der Waals surface area contributed by atoms with Crippen molar-refractivity contribution >= 4 is 0 Å². The summed E-state index contributed by atoms with van der Waals surface area (Å²) in [5.41, 5.74) is 2.86. The lowest BCUT2D eigenvalue weighted by atomic mass is 9.99. The normalized spacial score (nSPS) is 12.4. The zero-order valence-corrected chi connectivity index (χ0v) is 11.0. The molecule has 0 aliphatic heterocycles. The fraction of sp³-hybridized carbons (Fsp3) is 0.267. The average Bonchev–Trinajstić information content (AvgIpc) is 2.40. The Kier molecular flexibility index (Phi) is 4.22.